The summed E-state index contributed by atoms with van der Waals surface area (Å²) in [5, 5.41) is 0.857. The fraction of sp³-hybridized carbons (Fsp3) is 0.208. The summed E-state index contributed by atoms with van der Waals surface area (Å²) in [6.45, 7) is 0.767. The van der Waals surface area contributed by atoms with Gasteiger partial charge in [-0.05, 0) is 43.0 Å². The van der Waals surface area contributed by atoms with Crippen molar-refractivity contribution in [3.63, 3.8) is 0 Å². The lowest BCUT2D eigenvalue weighted by Crippen LogP contribution is -2.19. The van der Waals surface area contributed by atoms with E-state index in [0.717, 1.165) is 58.3 Å². The highest BCUT2D eigenvalue weighted by Gasteiger charge is 2.23. The van der Waals surface area contributed by atoms with E-state index in [1.165, 1.54) is 0 Å². The van der Waals surface area contributed by atoms with Gasteiger partial charge in [-0.15, -0.1) is 0 Å². The van der Waals surface area contributed by atoms with E-state index in [1.54, 1.807) is 18.1 Å². The third-order valence-electron chi connectivity index (χ3n) is 5.10. The number of benzene rings is 2. The molecule has 1 aliphatic heterocycles. The van der Waals surface area contributed by atoms with Crippen LogP contribution in [-0.2, 0) is 4.74 Å². The van der Waals surface area contributed by atoms with Crippen LogP contribution in [-0.4, -0.2) is 26.1 Å². The summed E-state index contributed by atoms with van der Waals surface area (Å²) in [6.07, 6.45) is 8.90. The summed E-state index contributed by atoms with van der Waals surface area (Å²) in [7, 11) is 0. The standard InChI is InChI=1S/C24H22N4OS/c1-3-9-18(10-4-1)14-15-20-27-22-23(28(20)21-13-7-8-16-29-21)25-17-26-24(22)30-19-11-5-2-6-12-19/h1-6,9-12,14-15,17,21H,7-8,13,16H2/b15-14+. The third kappa shape index (κ3) is 4.01. The SMILES string of the molecule is C(=C\c1nc2c(Sc3ccccc3)ncnc2n1C1CCCCO1)/c1ccccc1. The molecule has 5 nitrogen and oxygen atoms in total. The molecule has 0 amide bonds. The lowest BCUT2D eigenvalue weighted by molar-refractivity contribution is -0.0301. The predicted molar refractivity (Wildman–Crippen MR) is 120 cm³/mol. The number of fused-ring (bicyclic) bond motifs is 1. The Kier molecular flexibility index (Phi) is 5.59. The highest BCUT2D eigenvalue weighted by Crippen LogP contribution is 2.34. The second kappa shape index (κ2) is 8.81. The van der Waals surface area contributed by atoms with Gasteiger partial charge >= 0.3 is 0 Å². The molecule has 0 saturated carbocycles. The minimum atomic E-state index is -0.0522. The van der Waals surface area contributed by atoms with Crippen LogP contribution in [0.2, 0.25) is 0 Å². The van der Waals surface area contributed by atoms with Gasteiger partial charge in [0.15, 0.2) is 5.65 Å². The molecule has 2 aromatic carbocycles. The topological polar surface area (TPSA) is 52.8 Å². The summed E-state index contributed by atoms with van der Waals surface area (Å²) < 4.78 is 8.23. The Balaban J connectivity index is 1.60. The first-order valence-electron chi connectivity index (χ1n) is 10.2. The maximum absolute atomic E-state index is 6.10. The van der Waals surface area contributed by atoms with Crippen molar-refractivity contribution >= 4 is 35.1 Å². The predicted octanol–water partition coefficient (Wildman–Crippen LogP) is 5.85. The molecule has 1 unspecified atom stereocenters. The molecule has 30 heavy (non-hydrogen) atoms. The lowest BCUT2D eigenvalue weighted by atomic mass is 10.2. The molecule has 0 N–H and O–H groups in total. The smallest absolute Gasteiger partial charge is 0.167 e. The normalized spacial score (nSPS) is 17.0. The van der Waals surface area contributed by atoms with Crippen molar-refractivity contribution in [2.45, 2.75) is 35.4 Å². The van der Waals surface area contributed by atoms with Gasteiger partial charge in [-0.25, -0.2) is 15.0 Å². The van der Waals surface area contributed by atoms with Gasteiger partial charge in [0.05, 0.1) is 0 Å². The molecule has 5 rings (SSSR count). The number of hydrogen-bond acceptors (Lipinski definition) is 5. The molecule has 0 radical (unpaired) electrons. The summed E-state index contributed by atoms with van der Waals surface area (Å²) in [5.41, 5.74) is 2.77. The average Bonchev–Trinajstić information content (AvgIpc) is 3.19. The molecule has 6 heteroatoms. The summed E-state index contributed by atoms with van der Waals surface area (Å²) in [4.78, 5) is 15.2. The Morgan fingerprint density at radius 2 is 1.73 bits per heavy atom. The largest absolute Gasteiger partial charge is 0.358 e. The van der Waals surface area contributed by atoms with Crippen molar-refractivity contribution in [3.8, 4) is 0 Å². The van der Waals surface area contributed by atoms with Crippen LogP contribution in [0.4, 0.5) is 0 Å². The van der Waals surface area contributed by atoms with E-state index < -0.39 is 0 Å². The third-order valence-corrected chi connectivity index (χ3v) is 6.10. The molecule has 150 valence electrons. The van der Waals surface area contributed by atoms with E-state index in [4.69, 9.17) is 9.72 Å². The maximum atomic E-state index is 6.10. The Labute approximate surface area is 179 Å². The molecular weight excluding hydrogens is 392 g/mol. The van der Waals surface area contributed by atoms with E-state index >= 15 is 0 Å². The number of hydrogen-bond donors (Lipinski definition) is 0. The maximum Gasteiger partial charge on any atom is 0.167 e. The molecule has 1 fully saturated rings. The van der Waals surface area contributed by atoms with Gasteiger partial charge in [0.25, 0.3) is 0 Å². The number of aromatic nitrogens is 4. The average molecular weight is 415 g/mol. The minimum absolute atomic E-state index is 0.0522. The summed E-state index contributed by atoms with van der Waals surface area (Å²) in [6, 6.07) is 20.5. The van der Waals surface area contributed by atoms with E-state index in [-0.39, 0.29) is 6.23 Å². The summed E-state index contributed by atoms with van der Waals surface area (Å²) >= 11 is 1.61. The van der Waals surface area contributed by atoms with E-state index in [1.807, 2.05) is 42.5 Å². The van der Waals surface area contributed by atoms with Gasteiger partial charge in [0.1, 0.15) is 28.9 Å². The minimum Gasteiger partial charge on any atom is -0.358 e. The molecule has 0 aliphatic carbocycles. The number of nitrogens with zero attached hydrogens (tertiary/aromatic N) is 4. The van der Waals surface area contributed by atoms with Crippen LogP contribution < -0.4 is 0 Å². The van der Waals surface area contributed by atoms with Crippen molar-refractivity contribution in [3.05, 3.63) is 78.4 Å². The van der Waals surface area contributed by atoms with Crippen molar-refractivity contribution in [1.29, 1.82) is 0 Å². The molecule has 3 heterocycles. The molecular formula is C24H22N4OS. The Morgan fingerprint density at radius 1 is 0.933 bits per heavy atom. The van der Waals surface area contributed by atoms with E-state index in [2.05, 4.69) is 44.9 Å². The molecule has 1 saturated heterocycles. The quantitative estimate of drug-likeness (QED) is 0.384. The van der Waals surface area contributed by atoms with Crippen molar-refractivity contribution in [1.82, 2.24) is 19.5 Å². The monoisotopic (exact) mass is 414 g/mol. The molecule has 4 aromatic rings. The zero-order valence-corrected chi connectivity index (χ0v) is 17.3. The van der Waals surface area contributed by atoms with Crippen LogP contribution in [0.3, 0.4) is 0 Å². The van der Waals surface area contributed by atoms with Crippen molar-refractivity contribution in [2.24, 2.45) is 0 Å². The zero-order valence-electron chi connectivity index (χ0n) is 16.5. The first kappa shape index (κ1) is 19.0. The molecule has 2 aromatic heterocycles. The van der Waals surface area contributed by atoms with Gasteiger partial charge in [-0.2, -0.15) is 0 Å². The lowest BCUT2D eigenvalue weighted by Gasteiger charge is -2.25. The summed E-state index contributed by atoms with van der Waals surface area (Å²) in [5.74, 6) is 0.844. The van der Waals surface area contributed by atoms with Gasteiger partial charge in [0.2, 0.25) is 0 Å². The van der Waals surface area contributed by atoms with Gasteiger partial charge in [-0.3, -0.25) is 4.57 Å². The number of imidazole rings is 1. The van der Waals surface area contributed by atoms with E-state index in [9.17, 15) is 0 Å². The molecule has 1 aliphatic rings. The zero-order chi connectivity index (χ0) is 20.2. The first-order chi connectivity index (χ1) is 14.9. The van der Waals surface area contributed by atoms with Gasteiger partial charge < -0.3 is 4.74 Å². The second-order valence-corrected chi connectivity index (χ2v) is 8.23. The van der Waals surface area contributed by atoms with Crippen molar-refractivity contribution < 1.29 is 4.74 Å². The fourth-order valence-electron chi connectivity index (χ4n) is 3.64. The van der Waals surface area contributed by atoms with Crippen molar-refractivity contribution in [2.75, 3.05) is 6.61 Å². The highest BCUT2D eigenvalue weighted by atomic mass is 32.2. The Hall–Kier alpha value is -2.96. The Bertz CT molecular complexity index is 1150. The number of ether oxygens (including phenoxy) is 1. The molecule has 0 spiro atoms. The highest BCUT2D eigenvalue weighted by molar-refractivity contribution is 7.99. The first-order valence-corrected chi connectivity index (χ1v) is 11.0. The van der Waals surface area contributed by atoms with Crippen LogP contribution in [0.15, 0.2) is 76.9 Å². The van der Waals surface area contributed by atoms with Crippen LogP contribution in [0, 0.1) is 0 Å². The van der Waals surface area contributed by atoms with Crippen LogP contribution in [0.5, 0.6) is 0 Å². The fourth-order valence-corrected chi connectivity index (χ4v) is 4.49. The van der Waals surface area contributed by atoms with E-state index in [0.29, 0.717) is 0 Å². The van der Waals surface area contributed by atoms with Crippen LogP contribution in [0.1, 0.15) is 36.9 Å². The van der Waals surface area contributed by atoms with Crippen LogP contribution >= 0.6 is 11.8 Å². The molecule has 1 atom stereocenters. The van der Waals surface area contributed by atoms with Crippen LogP contribution in [0.25, 0.3) is 23.3 Å². The molecule has 0 bridgehead atoms. The van der Waals surface area contributed by atoms with Gasteiger partial charge in [-0.1, -0.05) is 66.4 Å². The van der Waals surface area contributed by atoms with Gasteiger partial charge in [0, 0.05) is 11.5 Å². The Morgan fingerprint density at radius 3 is 2.50 bits per heavy atom. The second-order valence-electron chi connectivity index (χ2n) is 7.17. The number of rotatable bonds is 5.